The lowest BCUT2D eigenvalue weighted by atomic mass is 9.97. The van der Waals surface area contributed by atoms with Gasteiger partial charge in [0.2, 0.25) is 0 Å². The molecule has 2 heterocycles. The van der Waals surface area contributed by atoms with Gasteiger partial charge in [0.25, 0.3) is 0 Å². The van der Waals surface area contributed by atoms with Gasteiger partial charge in [0.05, 0.1) is 6.61 Å². The van der Waals surface area contributed by atoms with E-state index in [9.17, 15) is 4.39 Å². The molecule has 0 amide bonds. The minimum absolute atomic E-state index is 0.150. The van der Waals surface area contributed by atoms with E-state index in [-0.39, 0.29) is 5.82 Å². The number of hydrogen-bond donors (Lipinski definition) is 1. The zero-order valence-corrected chi connectivity index (χ0v) is 13.6. The number of nitrogens with one attached hydrogen (secondary N) is 1. The molecule has 0 saturated carbocycles. The first kappa shape index (κ1) is 15.8. The summed E-state index contributed by atoms with van der Waals surface area (Å²) in [6.45, 7) is 8.13. The first-order valence-corrected chi connectivity index (χ1v) is 8.48. The van der Waals surface area contributed by atoms with E-state index in [0.29, 0.717) is 18.0 Å². The van der Waals surface area contributed by atoms with Crippen LogP contribution >= 0.6 is 0 Å². The first-order valence-electron chi connectivity index (χ1n) is 8.48. The Bertz CT molecular complexity index is 502. The van der Waals surface area contributed by atoms with Crippen LogP contribution in [0.3, 0.4) is 0 Å². The number of piperidine rings is 1. The second-order valence-electron chi connectivity index (χ2n) is 6.79. The van der Waals surface area contributed by atoms with Crippen LogP contribution in [-0.4, -0.2) is 38.4 Å². The largest absolute Gasteiger partial charge is 0.381 e. The standard InChI is InChI=1S/C18H27FN2O/c1-13-10-16(19)5-6-18(13)21-8-3-4-17(11-21)20-14(2)15-7-9-22-12-15/h5-6,10,14-15,17,20H,3-4,7-9,11-12H2,1-2H3/t14-,15-,17-/m0/s1. The maximum atomic E-state index is 13.3. The quantitative estimate of drug-likeness (QED) is 0.925. The van der Waals surface area contributed by atoms with Crippen LogP contribution < -0.4 is 10.2 Å². The van der Waals surface area contributed by atoms with Crippen LogP contribution in [0.25, 0.3) is 0 Å². The Kier molecular flexibility index (Phi) is 4.99. The van der Waals surface area contributed by atoms with Crippen molar-refractivity contribution in [2.75, 3.05) is 31.2 Å². The number of rotatable bonds is 4. The number of halogens is 1. The van der Waals surface area contributed by atoms with Gasteiger partial charge in [0, 0.05) is 37.5 Å². The zero-order valence-electron chi connectivity index (χ0n) is 13.6. The second kappa shape index (κ2) is 6.97. The SMILES string of the molecule is Cc1cc(F)ccc1N1CCC[C@H](N[C@@H](C)[C@H]2CCOC2)C1. The summed E-state index contributed by atoms with van der Waals surface area (Å²) in [5.74, 6) is 0.491. The lowest BCUT2D eigenvalue weighted by Crippen LogP contribution is -2.50. The summed E-state index contributed by atoms with van der Waals surface area (Å²) in [5, 5.41) is 3.80. The molecule has 1 aromatic rings. The van der Waals surface area contributed by atoms with Crippen molar-refractivity contribution < 1.29 is 9.13 Å². The van der Waals surface area contributed by atoms with Crippen LogP contribution in [-0.2, 0) is 4.74 Å². The summed E-state index contributed by atoms with van der Waals surface area (Å²) in [5.41, 5.74) is 2.20. The van der Waals surface area contributed by atoms with Gasteiger partial charge in [0.15, 0.2) is 0 Å². The van der Waals surface area contributed by atoms with Crippen LogP contribution in [0.15, 0.2) is 18.2 Å². The molecule has 0 aliphatic carbocycles. The Morgan fingerprint density at radius 1 is 1.36 bits per heavy atom. The molecule has 2 aliphatic rings. The number of hydrogen-bond acceptors (Lipinski definition) is 3. The Morgan fingerprint density at radius 3 is 2.95 bits per heavy atom. The van der Waals surface area contributed by atoms with Crippen molar-refractivity contribution in [2.45, 2.75) is 45.2 Å². The van der Waals surface area contributed by atoms with E-state index in [1.165, 1.54) is 24.9 Å². The molecular weight excluding hydrogens is 279 g/mol. The van der Waals surface area contributed by atoms with Gasteiger partial charge in [-0.15, -0.1) is 0 Å². The monoisotopic (exact) mass is 306 g/mol. The smallest absolute Gasteiger partial charge is 0.123 e. The highest BCUT2D eigenvalue weighted by molar-refractivity contribution is 5.53. The Labute approximate surface area is 132 Å². The predicted molar refractivity (Wildman–Crippen MR) is 87.9 cm³/mol. The zero-order chi connectivity index (χ0) is 15.5. The van der Waals surface area contributed by atoms with Crippen LogP contribution in [0.2, 0.25) is 0 Å². The Balaban J connectivity index is 1.61. The van der Waals surface area contributed by atoms with Crippen molar-refractivity contribution in [3.63, 3.8) is 0 Å². The van der Waals surface area contributed by atoms with Crippen molar-refractivity contribution in [1.82, 2.24) is 5.32 Å². The number of anilines is 1. The molecule has 3 nitrogen and oxygen atoms in total. The molecule has 122 valence electrons. The predicted octanol–water partition coefficient (Wildman–Crippen LogP) is 3.12. The molecule has 1 aromatic carbocycles. The lowest BCUT2D eigenvalue weighted by molar-refractivity contribution is 0.175. The highest BCUT2D eigenvalue weighted by Crippen LogP contribution is 2.25. The summed E-state index contributed by atoms with van der Waals surface area (Å²) in [4.78, 5) is 2.40. The van der Waals surface area contributed by atoms with Gasteiger partial charge in [-0.3, -0.25) is 0 Å². The van der Waals surface area contributed by atoms with Crippen LogP contribution in [0.1, 0.15) is 31.7 Å². The van der Waals surface area contributed by atoms with Crippen molar-refractivity contribution in [3.8, 4) is 0 Å². The van der Waals surface area contributed by atoms with E-state index in [1.807, 2.05) is 13.0 Å². The number of benzene rings is 1. The summed E-state index contributed by atoms with van der Waals surface area (Å²) in [7, 11) is 0. The van der Waals surface area contributed by atoms with E-state index in [1.54, 1.807) is 12.1 Å². The van der Waals surface area contributed by atoms with Gasteiger partial charge in [-0.1, -0.05) is 0 Å². The fourth-order valence-electron chi connectivity index (χ4n) is 3.76. The Hall–Kier alpha value is -1.13. The molecular formula is C18H27FN2O. The normalized spacial score (nSPS) is 27.1. The molecule has 2 saturated heterocycles. The molecule has 3 rings (SSSR count). The van der Waals surface area contributed by atoms with Crippen LogP contribution in [0, 0.1) is 18.7 Å². The third kappa shape index (κ3) is 3.61. The molecule has 0 spiro atoms. The van der Waals surface area contributed by atoms with Gasteiger partial charge in [-0.25, -0.2) is 4.39 Å². The molecule has 0 aromatic heterocycles. The van der Waals surface area contributed by atoms with Gasteiger partial charge in [-0.2, -0.15) is 0 Å². The molecule has 1 N–H and O–H groups in total. The lowest BCUT2D eigenvalue weighted by Gasteiger charge is -2.37. The fraction of sp³-hybridized carbons (Fsp3) is 0.667. The molecule has 3 atom stereocenters. The van der Waals surface area contributed by atoms with E-state index >= 15 is 0 Å². The first-order chi connectivity index (χ1) is 10.6. The average Bonchev–Trinajstić information content (AvgIpc) is 3.02. The third-order valence-corrected chi connectivity index (χ3v) is 5.09. The minimum atomic E-state index is -0.150. The van der Waals surface area contributed by atoms with Crippen molar-refractivity contribution in [3.05, 3.63) is 29.6 Å². The fourth-order valence-corrected chi connectivity index (χ4v) is 3.76. The number of nitrogens with zero attached hydrogens (tertiary/aromatic N) is 1. The van der Waals surface area contributed by atoms with E-state index in [2.05, 4.69) is 17.1 Å². The van der Waals surface area contributed by atoms with Crippen molar-refractivity contribution in [1.29, 1.82) is 0 Å². The molecule has 0 unspecified atom stereocenters. The summed E-state index contributed by atoms with van der Waals surface area (Å²) in [6.07, 6.45) is 3.57. The highest BCUT2D eigenvalue weighted by Gasteiger charge is 2.27. The minimum Gasteiger partial charge on any atom is -0.381 e. The molecule has 0 radical (unpaired) electrons. The molecule has 4 heteroatoms. The average molecular weight is 306 g/mol. The van der Waals surface area contributed by atoms with Crippen molar-refractivity contribution in [2.24, 2.45) is 5.92 Å². The topological polar surface area (TPSA) is 24.5 Å². The molecule has 2 aliphatic heterocycles. The number of ether oxygens (including phenoxy) is 1. The third-order valence-electron chi connectivity index (χ3n) is 5.09. The van der Waals surface area contributed by atoms with E-state index in [0.717, 1.165) is 31.9 Å². The Morgan fingerprint density at radius 2 is 2.23 bits per heavy atom. The van der Waals surface area contributed by atoms with E-state index in [4.69, 9.17) is 4.74 Å². The van der Waals surface area contributed by atoms with Crippen molar-refractivity contribution >= 4 is 5.69 Å². The maximum absolute atomic E-state index is 13.3. The highest BCUT2D eigenvalue weighted by atomic mass is 19.1. The number of aryl methyl sites for hydroxylation is 1. The summed E-state index contributed by atoms with van der Waals surface area (Å²) >= 11 is 0. The van der Waals surface area contributed by atoms with Gasteiger partial charge in [-0.05, 0) is 62.8 Å². The van der Waals surface area contributed by atoms with Gasteiger partial charge >= 0.3 is 0 Å². The van der Waals surface area contributed by atoms with Gasteiger partial charge in [0.1, 0.15) is 5.82 Å². The van der Waals surface area contributed by atoms with E-state index < -0.39 is 0 Å². The maximum Gasteiger partial charge on any atom is 0.123 e. The molecule has 2 fully saturated rings. The summed E-state index contributed by atoms with van der Waals surface area (Å²) in [6, 6.07) is 6.12. The van der Waals surface area contributed by atoms with Crippen LogP contribution in [0.4, 0.5) is 10.1 Å². The molecule has 0 bridgehead atoms. The van der Waals surface area contributed by atoms with Gasteiger partial charge < -0.3 is 15.0 Å². The van der Waals surface area contributed by atoms with Crippen LogP contribution in [0.5, 0.6) is 0 Å². The summed E-state index contributed by atoms with van der Waals surface area (Å²) < 4.78 is 18.8. The molecule has 22 heavy (non-hydrogen) atoms. The second-order valence-corrected chi connectivity index (χ2v) is 6.79.